The summed E-state index contributed by atoms with van der Waals surface area (Å²) in [6, 6.07) is 1.76. The van der Waals surface area contributed by atoms with E-state index in [2.05, 4.69) is 0 Å². The Bertz CT molecular complexity index is 828. The van der Waals surface area contributed by atoms with Gasteiger partial charge in [0.05, 0.1) is 10.6 Å². The Morgan fingerprint density at radius 2 is 1.82 bits per heavy atom. The highest BCUT2D eigenvalue weighted by molar-refractivity contribution is 6.36. The summed E-state index contributed by atoms with van der Waals surface area (Å²) in [6.45, 7) is 0. The van der Waals surface area contributed by atoms with Crippen LogP contribution >= 0.6 is 23.2 Å². The highest BCUT2D eigenvalue weighted by Gasteiger charge is 2.69. The Morgan fingerprint density at radius 3 is 2.39 bits per heavy atom. The molecular weight excluding hydrogens is 422 g/mol. The smallest absolute Gasteiger partial charge is 0.314 e. The first-order valence-corrected chi connectivity index (χ1v) is 9.32. The van der Waals surface area contributed by atoms with Crippen LogP contribution in [0.5, 0.6) is 0 Å². The molecule has 3 rings (SSSR count). The van der Waals surface area contributed by atoms with E-state index >= 15 is 0 Å². The van der Waals surface area contributed by atoms with Gasteiger partial charge < -0.3 is 5.32 Å². The predicted molar refractivity (Wildman–Crippen MR) is 95.0 cm³/mol. The quantitative estimate of drug-likeness (QED) is 0.704. The number of alkyl halides is 3. The lowest BCUT2D eigenvalue weighted by molar-refractivity contribution is -0.200. The van der Waals surface area contributed by atoms with Crippen molar-refractivity contribution in [3.63, 3.8) is 0 Å². The van der Waals surface area contributed by atoms with Crippen LogP contribution < -0.4 is 10.6 Å². The molecule has 1 heterocycles. The van der Waals surface area contributed by atoms with Gasteiger partial charge in [0, 0.05) is 11.1 Å². The zero-order valence-corrected chi connectivity index (χ0v) is 15.9. The third kappa shape index (κ3) is 3.53. The highest BCUT2D eigenvalue weighted by Crippen LogP contribution is 2.37. The Labute approximate surface area is 168 Å². The van der Waals surface area contributed by atoms with Crippen molar-refractivity contribution < 1.29 is 27.6 Å². The van der Waals surface area contributed by atoms with Gasteiger partial charge in [-0.25, -0.2) is 4.79 Å². The molecule has 1 aliphatic carbocycles. The number of carbonyl (C=O) groups is 3. The molecule has 2 N–H and O–H groups in total. The molecule has 152 valence electrons. The van der Waals surface area contributed by atoms with E-state index in [0.29, 0.717) is 30.6 Å². The summed E-state index contributed by atoms with van der Waals surface area (Å²) in [5.41, 5.74) is -3.87. The lowest BCUT2D eigenvalue weighted by atomic mass is 9.94. The second kappa shape index (κ2) is 7.44. The van der Waals surface area contributed by atoms with Gasteiger partial charge in [0.2, 0.25) is 0 Å². The molecule has 1 atom stereocenters. The molecule has 2 aliphatic rings. The average molecular weight is 438 g/mol. The van der Waals surface area contributed by atoms with Gasteiger partial charge in [-0.2, -0.15) is 13.2 Å². The van der Waals surface area contributed by atoms with Gasteiger partial charge in [-0.3, -0.25) is 19.8 Å². The molecule has 1 aromatic carbocycles. The number of urea groups is 1. The van der Waals surface area contributed by atoms with Crippen LogP contribution in [0.25, 0.3) is 0 Å². The molecule has 0 spiro atoms. The molecule has 4 amide bonds. The van der Waals surface area contributed by atoms with Gasteiger partial charge in [0.1, 0.15) is 0 Å². The lowest BCUT2D eigenvalue weighted by Gasteiger charge is -2.32. The van der Waals surface area contributed by atoms with Crippen LogP contribution in [0.3, 0.4) is 0 Å². The van der Waals surface area contributed by atoms with Crippen molar-refractivity contribution in [1.29, 1.82) is 0 Å². The van der Waals surface area contributed by atoms with Crippen molar-refractivity contribution >= 4 is 41.0 Å². The van der Waals surface area contributed by atoms with E-state index in [4.69, 9.17) is 23.2 Å². The molecule has 6 nitrogen and oxygen atoms in total. The maximum atomic E-state index is 13.9. The summed E-state index contributed by atoms with van der Waals surface area (Å²) < 4.78 is 41.7. The highest BCUT2D eigenvalue weighted by atomic mass is 35.5. The maximum absolute atomic E-state index is 13.9. The first kappa shape index (κ1) is 20.7. The molecule has 1 aromatic rings. The zero-order valence-electron chi connectivity index (χ0n) is 14.4. The van der Waals surface area contributed by atoms with E-state index < -0.39 is 35.7 Å². The van der Waals surface area contributed by atoms with Crippen LogP contribution in [0.1, 0.15) is 42.5 Å². The third-order valence-corrected chi connectivity index (χ3v) is 5.44. The molecular formula is C17H16Cl2F3N3O3. The third-order valence-electron chi connectivity index (χ3n) is 4.89. The molecule has 0 radical (unpaired) electrons. The van der Waals surface area contributed by atoms with Crippen molar-refractivity contribution in [2.24, 2.45) is 0 Å². The van der Waals surface area contributed by atoms with Gasteiger partial charge in [-0.1, -0.05) is 42.5 Å². The molecule has 1 aliphatic heterocycles. The van der Waals surface area contributed by atoms with Gasteiger partial charge in [-0.15, -0.1) is 0 Å². The second-order valence-electron chi connectivity index (χ2n) is 6.72. The maximum Gasteiger partial charge on any atom is 0.440 e. The molecule has 0 bridgehead atoms. The van der Waals surface area contributed by atoms with Crippen LogP contribution in [0.2, 0.25) is 10.0 Å². The lowest BCUT2D eigenvalue weighted by Crippen LogP contribution is -2.69. The van der Waals surface area contributed by atoms with Crippen LogP contribution in [-0.2, 0) is 4.79 Å². The zero-order chi connectivity index (χ0) is 20.7. The second-order valence-corrected chi connectivity index (χ2v) is 7.57. The van der Waals surface area contributed by atoms with Crippen LogP contribution in [0, 0.1) is 0 Å². The van der Waals surface area contributed by atoms with E-state index in [9.17, 15) is 27.6 Å². The number of imide groups is 1. The predicted octanol–water partition coefficient (Wildman–Crippen LogP) is 3.87. The number of nitrogens with one attached hydrogen (secondary N) is 2. The number of rotatable bonds is 3. The van der Waals surface area contributed by atoms with Gasteiger partial charge >= 0.3 is 12.2 Å². The molecule has 0 aromatic heterocycles. The minimum Gasteiger partial charge on any atom is -0.314 e. The van der Waals surface area contributed by atoms with E-state index in [-0.39, 0.29) is 15.6 Å². The minimum absolute atomic E-state index is 0.181. The fourth-order valence-corrected chi connectivity index (χ4v) is 3.97. The molecule has 2 fully saturated rings. The summed E-state index contributed by atoms with van der Waals surface area (Å²) in [4.78, 5) is 38.1. The van der Waals surface area contributed by atoms with Crippen LogP contribution in [-0.4, -0.2) is 40.6 Å². The fraction of sp³-hybridized carbons (Fsp3) is 0.471. The molecule has 28 heavy (non-hydrogen) atoms. The van der Waals surface area contributed by atoms with Crippen molar-refractivity contribution in [2.75, 3.05) is 0 Å². The van der Waals surface area contributed by atoms with E-state index in [1.807, 2.05) is 0 Å². The number of carbonyl (C=O) groups excluding carboxylic acids is 3. The van der Waals surface area contributed by atoms with Crippen molar-refractivity contribution in [3.8, 4) is 0 Å². The number of benzene rings is 1. The standard InChI is InChI=1S/C17H16Cl2F3N3O3/c18-9-6-7-11(12(19)8-9)13(26)23-16(17(20,21)22)14(27)25(15(28)24-16)10-4-2-1-3-5-10/h6-8,10H,1-5H2,(H,23,26)(H,24,28). The fourth-order valence-electron chi connectivity index (χ4n) is 3.48. The largest absolute Gasteiger partial charge is 0.440 e. The number of nitrogens with zero attached hydrogens (tertiary/aromatic N) is 1. The van der Waals surface area contributed by atoms with Crippen LogP contribution in [0.15, 0.2) is 18.2 Å². The summed E-state index contributed by atoms with van der Waals surface area (Å²) >= 11 is 11.6. The Morgan fingerprint density at radius 1 is 1.18 bits per heavy atom. The van der Waals surface area contributed by atoms with E-state index in [1.54, 1.807) is 10.6 Å². The minimum atomic E-state index is -5.27. The summed E-state index contributed by atoms with van der Waals surface area (Å²) in [5.74, 6) is -2.81. The van der Waals surface area contributed by atoms with Crippen LogP contribution in [0.4, 0.5) is 18.0 Å². The molecule has 11 heteroatoms. The summed E-state index contributed by atoms with van der Waals surface area (Å²) in [7, 11) is 0. The number of halogens is 5. The van der Waals surface area contributed by atoms with Crippen molar-refractivity contribution in [1.82, 2.24) is 15.5 Å². The molecule has 1 saturated heterocycles. The molecule has 1 unspecified atom stereocenters. The van der Waals surface area contributed by atoms with E-state index in [1.165, 1.54) is 12.1 Å². The number of amides is 4. The average Bonchev–Trinajstić information content (AvgIpc) is 2.86. The van der Waals surface area contributed by atoms with Gasteiger partial charge in [0.15, 0.2) is 0 Å². The first-order chi connectivity index (χ1) is 13.1. The summed E-state index contributed by atoms with van der Waals surface area (Å²) in [6.07, 6.45) is -2.14. The van der Waals surface area contributed by atoms with E-state index in [0.717, 1.165) is 12.5 Å². The Balaban J connectivity index is 1.94. The number of hydrogen-bond acceptors (Lipinski definition) is 3. The normalized spacial score (nSPS) is 23.7. The topological polar surface area (TPSA) is 78.5 Å². The SMILES string of the molecule is O=C(NC1(C(F)(F)F)NC(=O)N(C2CCCCC2)C1=O)c1ccc(Cl)cc1Cl. The number of hydrogen-bond donors (Lipinski definition) is 2. The Hall–Kier alpha value is -2.00. The molecule has 1 saturated carbocycles. The van der Waals surface area contributed by atoms with Crippen molar-refractivity contribution in [2.45, 2.75) is 50.0 Å². The Kier molecular flexibility index (Phi) is 5.51. The van der Waals surface area contributed by atoms with Gasteiger partial charge in [-0.05, 0) is 31.0 Å². The van der Waals surface area contributed by atoms with Gasteiger partial charge in [0.25, 0.3) is 17.5 Å². The van der Waals surface area contributed by atoms with Crippen molar-refractivity contribution in [3.05, 3.63) is 33.8 Å². The summed E-state index contributed by atoms with van der Waals surface area (Å²) in [5, 5.41) is 3.28. The first-order valence-electron chi connectivity index (χ1n) is 8.57. The monoisotopic (exact) mass is 437 g/mol.